The molecule has 17 heavy (non-hydrogen) atoms. The average molecular weight is 238 g/mol. The van der Waals surface area contributed by atoms with E-state index < -0.39 is 12.1 Å². The molecule has 1 aromatic rings. The van der Waals surface area contributed by atoms with Gasteiger partial charge in [-0.1, -0.05) is 24.3 Å². The highest BCUT2D eigenvalue weighted by Gasteiger charge is 2.13. The summed E-state index contributed by atoms with van der Waals surface area (Å²) in [7, 11) is 1.61. The Kier molecular flexibility index (Phi) is 5.66. The van der Waals surface area contributed by atoms with E-state index >= 15 is 0 Å². The zero-order valence-electron chi connectivity index (χ0n) is 10.2. The third-order valence-corrected chi connectivity index (χ3v) is 2.31. The van der Waals surface area contributed by atoms with Crippen LogP contribution in [0.3, 0.4) is 0 Å². The lowest BCUT2D eigenvalue weighted by atomic mass is 10.0. The van der Waals surface area contributed by atoms with Gasteiger partial charge in [0, 0.05) is 7.11 Å². The third-order valence-electron chi connectivity index (χ3n) is 2.31. The fourth-order valence-electron chi connectivity index (χ4n) is 1.55. The van der Waals surface area contributed by atoms with E-state index in [-0.39, 0.29) is 6.42 Å². The summed E-state index contributed by atoms with van der Waals surface area (Å²) >= 11 is 0. The van der Waals surface area contributed by atoms with Crippen LogP contribution >= 0.6 is 0 Å². The molecule has 0 bridgehead atoms. The molecule has 0 fully saturated rings. The van der Waals surface area contributed by atoms with Gasteiger partial charge >= 0.3 is 5.97 Å². The van der Waals surface area contributed by atoms with Crippen molar-refractivity contribution in [3.8, 4) is 0 Å². The second-order valence-electron chi connectivity index (χ2n) is 3.70. The molecule has 0 aromatic heterocycles. The molecule has 0 saturated heterocycles. The molecular weight excluding hydrogens is 220 g/mol. The summed E-state index contributed by atoms with van der Waals surface area (Å²) in [4.78, 5) is 11.2. The smallest absolute Gasteiger partial charge is 0.308 e. The summed E-state index contributed by atoms with van der Waals surface area (Å²) in [6, 6.07) is 7.35. The van der Waals surface area contributed by atoms with Gasteiger partial charge in [0.25, 0.3) is 0 Å². The normalized spacial score (nSPS) is 12.2. The van der Waals surface area contributed by atoms with Crippen molar-refractivity contribution in [3.05, 3.63) is 35.4 Å². The predicted octanol–water partition coefficient (Wildman–Crippen LogP) is 1.82. The minimum atomic E-state index is -0.828. The Balaban J connectivity index is 2.64. The van der Waals surface area contributed by atoms with Crippen LogP contribution in [0.25, 0.3) is 0 Å². The summed E-state index contributed by atoms with van der Waals surface area (Å²) < 4.78 is 9.80. The summed E-state index contributed by atoms with van der Waals surface area (Å²) in [6.45, 7) is 2.55. The lowest BCUT2D eigenvalue weighted by Crippen LogP contribution is -2.10. The van der Waals surface area contributed by atoms with Crippen LogP contribution in [0.1, 0.15) is 30.6 Å². The third kappa shape index (κ3) is 4.54. The van der Waals surface area contributed by atoms with Crippen molar-refractivity contribution in [2.24, 2.45) is 0 Å². The fraction of sp³-hybridized carbons (Fsp3) is 0.462. The molecule has 1 rings (SSSR count). The molecule has 0 aliphatic rings. The SMILES string of the molecule is CCOC(=O)CC(O)c1cccc(COC)c1. The van der Waals surface area contributed by atoms with Gasteiger partial charge < -0.3 is 14.6 Å². The molecule has 0 heterocycles. The van der Waals surface area contributed by atoms with Gasteiger partial charge in [0.1, 0.15) is 0 Å². The van der Waals surface area contributed by atoms with E-state index in [1.165, 1.54) is 0 Å². The monoisotopic (exact) mass is 238 g/mol. The number of ether oxygens (including phenoxy) is 2. The average Bonchev–Trinajstić information content (AvgIpc) is 2.30. The molecular formula is C13H18O4. The first-order valence-corrected chi connectivity index (χ1v) is 5.58. The van der Waals surface area contributed by atoms with Crippen molar-refractivity contribution in [2.75, 3.05) is 13.7 Å². The lowest BCUT2D eigenvalue weighted by molar-refractivity contribution is -0.145. The highest BCUT2D eigenvalue weighted by atomic mass is 16.5. The highest BCUT2D eigenvalue weighted by molar-refractivity contribution is 5.70. The van der Waals surface area contributed by atoms with Crippen LogP contribution in [0.2, 0.25) is 0 Å². The molecule has 1 N–H and O–H groups in total. The van der Waals surface area contributed by atoms with Gasteiger partial charge in [-0.05, 0) is 18.1 Å². The van der Waals surface area contributed by atoms with Gasteiger partial charge in [0.05, 0.1) is 25.7 Å². The number of esters is 1. The van der Waals surface area contributed by atoms with E-state index in [2.05, 4.69) is 0 Å². The van der Waals surface area contributed by atoms with Crippen molar-refractivity contribution >= 4 is 5.97 Å². The Hall–Kier alpha value is -1.39. The van der Waals surface area contributed by atoms with Gasteiger partial charge in [-0.2, -0.15) is 0 Å². The van der Waals surface area contributed by atoms with E-state index in [0.29, 0.717) is 18.8 Å². The van der Waals surface area contributed by atoms with Crippen molar-refractivity contribution in [3.63, 3.8) is 0 Å². The van der Waals surface area contributed by atoms with Crippen molar-refractivity contribution in [2.45, 2.75) is 26.1 Å². The van der Waals surface area contributed by atoms with E-state index in [1.807, 2.05) is 18.2 Å². The highest BCUT2D eigenvalue weighted by Crippen LogP contribution is 2.18. The minimum Gasteiger partial charge on any atom is -0.466 e. The number of carbonyl (C=O) groups excluding carboxylic acids is 1. The Bertz CT molecular complexity index is 362. The predicted molar refractivity (Wildman–Crippen MR) is 63.4 cm³/mol. The first-order chi connectivity index (χ1) is 8.17. The van der Waals surface area contributed by atoms with E-state index in [4.69, 9.17) is 9.47 Å². The molecule has 4 heteroatoms. The summed E-state index contributed by atoms with van der Waals surface area (Å²) in [5, 5.41) is 9.87. The first kappa shape index (κ1) is 13.7. The number of aliphatic hydroxyl groups excluding tert-OH is 1. The van der Waals surface area contributed by atoms with Gasteiger partial charge in [0.2, 0.25) is 0 Å². The first-order valence-electron chi connectivity index (χ1n) is 5.58. The fourth-order valence-corrected chi connectivity index (χ4v) is 1.55. The molecule has 1 atom stereocenters. The van der Waals surface area contributed by atoms with Gasteiger partial charge in [-0.3, -0.25) is 4.79 Å². The van der Waals surface area contributed by atoms with Crippen LogP contribution in [-0.2, 0) is 20.9 Å². The van der Waals surface area contributed by atoms with Crippen LogP contribution in [-0.4, -0.2) is 24.8 Å². The Morgan fingerprint density at radius 1 is 1.47 bits per heavy atom. The van der Waals surface area contributed by atoms with E-state index in [1.54, 1.807) is 20.1 Å². The number of aliphatic hydroxyl groups is 1. The zero-order valence-corrected chi connectivity index (χ0v) is 10.2. The summed E-state index contributed by atoms with van der Waals surface area (Å²) in [6.07, 6.45) is -0.851. The van der Waals surface area contributed by atoms with Crippen LogP contribution in [0.4, 0.5) is 0 Å². The molecule has 0 aliphatic carbocycles. The molecule has 94 valence electrons. The maximum absolute atomic E-state index is 11.2. The van der Waals surface area contributed by atoms with Crippen LogP contribution in [0.15, 0.2) is 24.3 Å². The van der Waals surface area contributed by atoms with E-state index in [0.717, 1.165) is 5.56 Å². The second kappa shape index (κ2) is 7.04. The molecule has 0 saturated carbocycles. The number of methoxy groups -OCH3 is 1. The zero-order chi connectivity index (χ0) is 12.7. The lowest BCUT2D eigenvalue weighted by Gasteiger charge is -2.11. The molecule has 1 unspecified atom stereocenters. The van der Waals surface area contributed by atoms with Crippen molar-refractivity contribution in [1.82, 2.24) is 0 Å². The standard InChI is InChI=1S/C13H18O4/c1-3-17-13(15)8-12(14)11-6-4-5-10(7-11)9-16-2/h4-7,12,14H,3,8-9H2,1-2H3. The molecule has 1 aromatic carbocycles. The Morgan fingerprint density at radius 3 is 2.88 bits per heavy atom. The summed E-state index contributed by atoms with van der Waals surface area (Å²) in [5.41, 5.74) is 1.67. The number of benzene rings is 1. The number of hydrogen-bond acceptors (Lipinski definition) is 4. The number of hydrogen-bond donors (Lipinski definition) is 1. The number of rotatable bonds is 6. The summed E-state index contributed by atoms with van der Waals surface area (Å²) in [5.74, 6) is -0.392. The largest absolute Gasteiger partial charge is 0.466 e. The van der Waals surface area contributed by atoms with Crippen molar-refractivity contribution < 1.29 is 19.4 Å². The van der Waals surface area contributed by atoms with E-state index in [9.17, 15) is 9.90 Å². The maximum atomic E-state index is 11.2. The molecule has 0 aliphatic heterocycles. The van der Waals surface area contributed by atoms with Gasteiger partial charge in [-0.15, -0.1) is 0 Å². The minimum absolute atomic E-state index is 0.0235. The molecule has 4 nitrogen and oxygen atoms in total. The van der Waals surface area contributed by atoms with Gasteiger partial charge in [-0.25, -0.2) is 0 Å². The van der Waals surface area contributed by atoms with Crippen LogP contribution in [0.5, 0.6) is 0 Å². The quantitative estimate of drug-likeness (QED) is 0.768. The van der Waals surface area contributed by atoms with Crippen LogP contribution < -0.4 is 0 Å². The Labute approximate surface area is 101 Å². The number of carbonyl (C=O) groups is 1. The van der Waals surface area contributed by atoms with Crippen molar-refractivity contribution in [1.29, 1.82) is 0 Å². The second-order valence-corrected chi connectivity index (χ2v) is 3.70. The molecule has 0 spiro atoms. The Morgan fingerprint density at radius 2 is 2.24 bits per heavy atom. The molecule has 0 amide bonds. The van der Waals surface area contributed by atoms with Crippen LogP contribution in [0, 0.1) is 0 Å². The maximum Gasteiger partial charge on any atom is 0.308 e. The topological polar surface area (TPSA) is 55.8 Å². The molecule has 0 radical (unpaired) electrons. The van der Waals surface area contributed by atoms with Gasteiger partial charge in [0.15, 0.2) is 0 Å².